The maximum Gasteiger partial charge on any atom is 0.320 e. The van der Waals surface area contributed by atoms with Gasteiger partial charge in [-0.15, -0.1) is 0 Å². The van der Waals surface area contributed by atoms with Crippen LogP contribution in [0.15, 0.2) is 24.3 Å². The number of anilines is 1. The fourth-order valence-electron chi connectivity index (χ4n) is 2.70. The average molecular weight is 290 g/mol. The Morgan fingerprint density at radius 3 is 2.86 bits per heavy atom. The Kier molecular flexibility index (Phi) is 5.33. The summed E-state index contributed by atoms with van der Waals surface area (Å²) in [5.41, 5.74) is 2.14. The van der Waals surface area contributed by atoms with Crippen molar-refractivity contribution >= 4 is 17.6 Å². The Hall–Kier alpha value is -1.88. The first-order valence-electron chi connectivity index (χ1n) is 7.48. The number of benzene rings is 1. The van der Waals surface area contributed by atoms with Gasteiger partial charge < -0.3 is 10.0 Å². The van der Waals surface area contributed by atoms with Gasteiger partial charge in [0.2, 0.25) is 5.91 Å². The van der Waals surface area contributed by atoms with Gasteiger partial charge in [-0.05, 0) is 30.9 Å². The molecule has 0 aromatic heterocycles. The SMILES string of the molecule is CCCC(NCC(=O)N1CCCc2ccccc21)C(=O)O. The highest BCUT2D eigenvalue weighted by Gasteiger charge is 2.23. The van der Waals surface area contributed by atoms with Gasteiger partial charge in [0.15, 0.2) is 0 Å². The van der Waals surface area contributed by atoms with E-state index < -0.39 is 12.0 Å². The molecule has 1 unspecified atom stereocenters. The fourth-order valence-corrected chi connectivity index (χ4v) is 2.70. The van der Waals surface area contributed by atoms with Crippen molar-refractivity contribution in [2.75, 3.05) is 18.0 Å². The van der Waals surface area contributed by atoms with Crippen LogP contribution in [-0.2, 0) is 16.0 Å². The third kappa shape index (κ3) is 3.82. The molecule has 114 valence electrons. The lowest BCUT2D eigenvalue weighted by Gasteiger charge is -2.30. The predicted molar refractivity (Wildman–Crippen MR) is 81.5 cm³/mol. The molecular weight excluding hydrogens is 268 g/mol. The Bertz CT molecular complexity index is 516. The van der Waals surface area contributed by atoms with Gasteiger partial charge in [-0.1, -0.05) is 31.5 Å². The molecule has 2 rings (SSSR count). The molecule has 0 spiro atoms. The first-order chi connectivity index (χ1) is 10.1. The minimum absolute atomic E-state index is 0.0608. The first kappa shape index (κ1) is 15.5. The van der Waals surface area contributed by atoms with Crippen molar-refractivity contribution in [2.45, 2.75) is 38.6 Å². The number of carbonyl (C=O) groups excluding carboxylic acids is 1. The molecule has 1 atom stereocenters. The van der Waals surface area contributed by atoms with E-state index in [9.17, 15) is 9.59 Å². The predicted octanol–water partition coefficient (Wildman–Crippen LogP) is 1.81. The van der Waals surface area contributed by atoms with Crippen LogP contribution in [0, 0.1) is 0 Å². The summed E-state index contributed by atoms with van der Waals surface area (Å²) < 4.78 is 0. The summed E-state index contributed by atoms with van der Waals surface area (Å²) >= 11 is 0. The molecule has 1 aromatic carbocycles. The number of fused-ring (bicyclic) bond motifs is 1. The van der Waals surface area contributed by atoms with Gasteiger partial charge in [-0.3, -0.25) is 14.9 Å². The lowest BCUT2D eigenvalue weighted by Crippen LogP contribution is -2.46. The molecule has 5 nitrogen and oxygen atoms in total. The highest BCUT2D eigenvalue weighted by Crippen LogP contribution is 2.26. The van der Waals surface area contributed by atoms with Gasteiger partial charge in [-0.25, -0.2) is 0 Å². The second-order valence-corrected chi connectivity index (χ2v) is 5.34. The van der Waals surface area contributed by atoms with E-state index in [0.717, 1.165) is 24.9 Å². The normalized spacial score (nSPS) is 15.4. The van der Waals surface area contributed by atoms with Crippen molar-refractivity contribution < 1.29 is 14.7 Å². The van der Waals surface area contributed by atoms with Crippen molar-refractivity contribution in [3.05, 3.63) is 29.8 Å². The quantitative estimate of drug-likeness (QED) is 0.838. The number of rotatable bonds is 6. The van der Waals surface area contributed by atoms with E-state index in [1.165, 1.54) is 5.56 Å². The number of carboxylic acids is 1. The van der Waals surface area contributed by atoms with Crippen LogP contribution in [0.5, 0.6) is 0 Å². The van der Waals surface area contributed by atoms with Gasteiger partial charge in [0.25, 0.3) is 0 Å². The van der Waals surface area contributed by atoms with E-state index in [1.807, 2.05) is 31.2 Å². The topological polar surface area (TPSA) is 69.6 Å². The van der Waals surface area contributed by atoms with Crippen LogP contribution in [0.3, 0.4) is 0 Å². The summed E-state index contributed by atoms with van der Waals surface area (Å²) in [7, 11) is 0. The number of nitrogens with zero attached hydrogens (tertiary/aromatic N) is 1. The number of amides is 1. The van der Waals surface area contributed by atoms with Crippen molar-refractivity contribution in [1.29, 1.82) is 0 Å². The Labute approximate surface area is 125 Å². The van der Waals surface area contributed by atoms with Crippen LogP contribution in [0.4, 0.5) is 5.69 Å². The summed E-state index contributed by atoms with van der Waals surface area (Å²) in [5.74, 6) is -0.965. The Balaban J connectivity index is 2.00. The molecule has 2 N–H and O–H groups in total. The van der Waals surface area contributed by atoms with Crippen molar-refractivity contribution in [1.82, 2.24) is 5.32 Å². The molecule has 1 aliphatic heterocycles. The summed E-state index contributed by atoms with van der Waals surface area (Å²) in [6, 6.07) is 7.24. The number of para-hydroxylation sites is 1. The van der Waals surface area contributed by atoms with Gasteiger partial charge >= 0.3 is 5.97 Å². The Morgan fingerprint density at radius 1 is 1.38 bits per heavy atom. The molecule has 0 bridgehead atoms. The van der Waals surface area contributed by atoms with E-state index in [-0.39, 0.29) is 12.5 Å². The van der Waals surface area contributed by atoms with Gasteiger partial charge in [0.05, 0.1) is 6.54 Å². The largest absolute Gasteiger partial charge is 0.480 e. The zero-order chi connectivity index (χ0) is 15.2. The molecule has 1 amide bonds. The Morgan fingerprint density at radius 2 is 2.14 bits per heavy atom. The van der Waals surface area contributed by atoms with Crippen LogP contribution in [0.1, 0.15) is 31.7 Å². The molecule has 1 aliphatic rings. The third-order valence-electron chi connectivity index (χ3n) is 3.79. The van der Waals surface area contributed by atoms with Crippen LogP contribution in [-0.4, -0.2) is 36.1 Å². The number of hydrogen-bond acceptors (Lipinski definition) is 3. The van der Waals surface area contributed by atoms with Crippen molar-refractivity contribution in [3.63, 3.8) is 0 Å². The number of hydrogen-bond donors (Lipinski definition) is 2. The molecular formula is C16H22N2O3. The van der Waals surface area contributed by atoms with E-state index in [0.29, 0.717) is 13.0 Å². The number of nitrogens with one attached hydrogen (secondary N) is 1. The number of aliphatic carboxylic acids is 1. The molecule has 0 aliphatic carbocycles. The minimum atomic E-state index is -0.899. The summed E-state index contributed by atoms with van der Waals surface area (Å²) in [4.78, 5) is 25.2. The van der Waals surface area contributed by atoms with Gasteiger partial charge in [-0.2, -0.15) is 0 Å². The fraction of sp³-hybridized carbons (Fsp3) is 0.500. The summed E-state index contributed by atoms with van der Waals surface area (Å²) in [5, 5.41) is 12.0. The zero-order valence-electron chi connectivity index (χ0n) is 12.3. The lowest BCUT2D eigenvalue weighted by atomic mass is 10.0. The molecule has 1 heterocycles. The third-order valence-corrected chi connectivity index (χ3v) is 3.79. The lowest BCUT2D eigenvalue weighted by molar-refractivity contribution is -0.139. The maximum absolute atomic E-state index is 12.4. The minimum Gasteiger partial charge on any atom is -0.480 e. The van der Waals surface area contributed by atoms with Crippen molar-refractivity contribution in [2.24, 2.45) is 0 Å². The highest BCUT2D eigenvalue weighted by molar-refractivity contribution is 5.96. The monoisotopic (exact) mass is 290 g/mol. The van der Waals surface area contributed by atoms with E-state index >= 15 is 0 Å². The molecule has 5 heteroatoms. The first-order valence-corrected chi connectivity index (χ1v) is 7.48. The highest BCUT2D eigenvalue weighted by atomic mass is 16.4. The number of aryl methyl sites for hydroxylation is 1. The summed E-state index contributed by atoms with van der Waals surface area (Å²) in [6.07, 6.45) is 3.23. The van der Waals surface area contributed by atoms with E-state index in [2.05, 4.69) is 5.32 Å². The summed E-state index contributed by atoms with van der Waals surface area (Å²) in [6.45, 7) is 2.69. The molecule has 0 radical (unpaired) electrons. The molecule has 0 saturated heterocycles. The van der Waals surface area contributed by atoms with E-state index in [4.69, 9.17) is 5.11 Å². The number of carbonyl (C=O) groups is 2. The van der Waals surface area contributed by atoms with Gasteiger partial charge in [0.1, 0.15) is 6.04 Å². The standard InChI is InChI=1S/C16H22N2O3/c1-2-6-13(16(20)21)17-11-15(19)18-10-5-8-12-7-3-4-9-14(12)18/h3-4,7,9,13,17H,2,5-6,8,10-11H2,1H3,(H,20,21). The maximum atomic E-state index is 12.4. The van der Waals surface area contributed by atoms with Gasteiger partial charge in [0, 0.05) is 12.2 Å². The van der Waals surface area contributed by atoms with Crippen LogP contribution in [0.2, 0.25) is 0 Å². The van der Waals surface area contributed by atoms with Crippen LogP contribution in [0.25, 0.3) is 0 Å². The average Bonchev–Trinajstić information content (AvgIpc) is 2.50. The zero-order valence-corrected chi connectivity index (χ0v) is 12.3. The van der Waals surface area contributed by atoms with Crippen molar-refractivity contribution in [3.8, 4) is 0 Å². The molecule has 0 fully saturated rings. The molecule has 0 saturated carbocycles. The molecule has 21 heavy (non-hydrogen) atoms. The van der Waals surface area contributed by atoms with Crippen LogP contribution >= 0.6 is 0 Å². The smallest absolute Gasteiger partial charge is 0.320 e. The van der Waals surface area contributed by atoms with E-state index in [1.54, 1.807) is 4.90 Å². The number of carboxylic acid groups (broad SMARTS) is 1. The molecule has 1 aromatic rings. The second-order valence-electron chi connectivity index (χ2n) is 5.34. The second kappa shape index (κ2) is 7.22. The van der Waals surface area contributed by atoms with Crippen LogP contribution < -0.4 is 10.2 Å².